The zero-order chi connectivity index (χ0) is 14.5. The Morgan fingerprint density at radius 2 is 2.15 bits per heavy atom. The van der Waals surface area contributed by atoms with Crippen LogP contribution in [0, 0.1) is 6.92 Å². The van der Waals surface area contributed by atoms with Crippen molar-refractivity contribution in [3.05, 3.63) is 30.0 Å². The van der Waals surface area contributed by atoms with Crippen LogP contribution in [-0.4, -0.2) is 33.1 Å². The molecule has 0 aliphatic carbocycles. The Balaban J connectivity index is 2.14. The second kappa shape index (κ2) is 6.36. The summed E-state index contributed by atoms with van der Waals surface area (Å²) in [6.45, 7) is 5.70. The molecule has 0 unspecified atom stereocenters. The van der Waals surface area contributed by atoms with Gasteiger partial charge in [-0.15, -0.1) is 0 Å². The van der Waals surface area contributed by atoms with Crippen molar-refractivity contribution in [2.45, 2.75) is 26.8 Å². The number of rotatable bonds is 6. The van der Waals surface area contributed by atoms with E-state index in [4.69, 9.17) is 0 Å². The maximum absolute atomic E-state index is 4.55. The highest BCUT2D eigenvalue weighted by Gasteiger charge is 2.09. The quantitative estimate of drug-likeness (QED) is 0.873. The number of nitrogens with zero attached hydrogens (tertiary/aromatic N) is 5. The Morgan fingerprint density at radius 1 is 1.35 bits per heavy atom. The van der Waals surface area contributed by atoms with Crippen molar-refractivity contribution in [2.24, 2.45) is 7.05 Å². The number of hydrogen-bond donors (Lipinski definition) is 1. The lowest BCUT2D eigenvalue weighted by molar-refractivity contribution is 0.753. The van der Waals surface area contributed by atoms with E-state index >= 15 is 0 Å². The third kappa shape index (κ3) is 3.46. The van der Waals surface area contributed by atoms with E-state index in [1.807, 2.05) is 44.0 Å². The fourth-order valence-corrected chi connectivity index (χ4v) is 1.91. The van der Waals surface area contributed by atoms with Crippen LogP contribution in [0.1, 0.15) is 24.9 Å². The average Bonchev–Trinajstić information content (AvgIpc) is 2.81. The van der Waals surface area contributed by atoms with Gasteiger partial charge in [-0.2, -0.15) is 4.98 Å². The van der Waals surface area contributed by atoms with Crippen LogP contribution in [0.2, 0.25) is 0 Å². The van der Waals surface area contributed by atoms with Crippen LogP contribution in [0.4, 0.5) is 11.8 Å². The summed E-state index contributed by atoms with van der Waals surface area (Å²) in [6.07, 6.45) is 4.81. The molecule has 1 N–H and O–H groups in total. The molecule has 2 rings (SSSR count). The molecule has 2 aromatic rings. The molecule has 0 aliphatic rings. The first-order valence-electron chi connectivity index (χ1n) is 6.87. The highest BCUT2D eigenvalue weighted by atomic mass is 15.2. The maximum Gasteiger partial charge on any atom is 0.224 e. The first kappa shape index (κ1) is 14.3. The summed E-state index contributed by atoms with van der Waals surface area (Å²) in [5, 5.41) is 3.23. The fourth-order valence-electron chi connectivity index (χ4n) is 1.91. The Kier molecular flexibility index (Phi) is 4.55. The highest BCUT2D eigenvalue weighted by molar-refractivity contribution is 5.44. The molecule has 0 fully saturated rings. The van der Waals surface area contributed by atoms with Crippen LogP contribution >= 0.6 is 0 Å². The maximum atomic E-state index is 4.55. The van der Waals surface area contributed by atoms with E-state index in [1.165, 1.54) is 0 Å². The Hall–Kier alpha value is -2.11. The third-order valence-corrected chi connectivity index (χ3v) is 3.06. The molecule has 6 heteroatoms. The zero-order valence-electron chi connectivity index (χ0n) is 12.6. The van der Waals surface area contributed by atoms with Gasteiger partial charge in [-0.3, -0.25) is 0 Å². The molecule has 2 aromatic heterocycles. The normalized spacial score (nSPS) is 10.6. The first-order chi connectivity index (χ1) is 9.60. The van der Waals surface area contributed by atoms with E-state index in [1.54, 1.807) is 0 Å². The third-order valence-electron chi connectivity index (χ3n) is 3.06. The Labute approximate surface area is 119 Å². The molecule has 108 valence electrons. The van der Waals surface area contributed by atoms with Gasteiger partial charge in [-0.1, -0.05) is 6.92 Å². The minimum atomic E-state index is 0.688. The van der Waals surface area contributed by atoms with Crippen molar-refractivity contribution >= 4 is 11.8 Å². The van der Waals surface area contributed by atoms with E-state index in [0.29, 0.717) is 12.5 Å². The lowest BCUT2D eigenvalue weighted by atomic mass is 10.4. The summed E-state index contributed by atoms with van der Waals surface area (Å²) >= 11 is 0. The molecule has 0 aromatic carbocycles. The van der Waals surface area contributed by atoms with Crippen LogP contribution < -0.4 is 10.2 Å². The van der Waals surface area contributed by atoms with Crippen LogP contribution in [0.3, 0.4) is 0 Å². The SMILES string of the molecule is CCCNc1nc(C)cc(N(C)Cc2nccn2C)n1. The van der Waals surface area contributed by atoms with Crippen LogP contribution in [0.5, 0.6) is 0 Å². The molecule has 0 bridgehead atoms. The molecule has 20 heavy (non-hydrogen) atoms. The van der Waals surface area contributed by atoms with Gasteiger partial charge in [0, 0.05) is 44.8 Å². The number of nitrogens with one attached hydrogen (secondary N) is 1. The van der Waals surface area contributed by atoms with E-state index in [2.05, 4.69) is 32.1 Å². The fraction of sp³-hybridized carbons (Fsp3) is 0.500. The summed E-state index contributed by atoms with van der Waals surface area (Å²) in [6, 6.07) is 1.99. The van der Waals surface area contributed by atoms with Crippen molar-refractivity contribution in [1.29, 1.82) is 0 Å². The predicted molar refractivity (Wildman–Crippen MR) is 80.9 cm³/mol. The second-order valence-corrected chi connectivity index (χ2v) is 4.93. The predicted octanol–water partition coefficient (Wildman–Crippen LogP) is 1.98. The number of anilines is 2. The number of hydrogen-bond acceptors (Lipinski definition) is 5. The Morgan fingerprint density at radius 3 is 2.80 bits per heavy atom. The lowest BCUT2D eigenvalue weighted by Crippen LogP contribution is -2.21. The average molecular weight is 274 g/mol. The smallest absolute Gasteiger partial charge is 0.224 e. The molecule has 0 atom stereocenters. The minimum Gasteiger partial charge on any atom is -0.354 e. The van der Waals surface area contributed by atoms with Gasteiger partial charge >= 0.3 is 0 Å². The summed E-state index contributed by atoms with van der Waals surface area (Å²) in [5.41, 5.74) is 0.959. The monoisotopic (exact) mass is 274 g/mol. The van der Waals surface area contributed by atoms with Crippen molar-refractivity contribution in [3.63, 3.8) is 0 Å². The summed E-state index contributed by atoms with van der Waals surface area (Å²) in [5.74, 6) is 2.60. The van der Waals surface area contributed by atoms with E-state index in [9.17, 15) is 0 Å². The van der Waals surface area contributed by atoms with Crippen LogP contribution in [-0.2, 0) is 13.6 Å². The standard InChI is InChI=1S/C14H22N6/c1-5-6-16-14-17-11(2)9-12(18-14)20(4)10-13-15-7-8-19(13)3/h7-9H,5-6,10H2,1-4H3,(H,16,17,18). The summed E-state index contributed by atoms with van der Waals surface area (Å²) in [7, 11) is 4.01. The number of imidazole rings is 1. The van der Waals surface area contributed by atoms with Crippen molar-refractivity contribution < 1.29 is 0 Å². The van der Waals surface area contributed by atoms with Gasteiger partial charge in [0.05, 0.1) is 6.54 Å². The van der Waals surface area contributed by atoms with Crippen LogP contribution in [0.25, 0.3) is 0 Å². The molecular weight excluding hydrogens is 252 g/mol. The van der Waals surface area contributed by atoms with Crippen molar-refractivity contribution in [3.8, 4) is 0 Å². The molecular formula is C14H22N6. The van der Waals surface area contributed by atoms with Crippen molar-refractivity contribution in [2.75, 3.05) is 23.8 Å². The largest absolute Gasteiger partial charge is 0.354 e. The Bertz CT molecular complexity index is 563. The lowest BCUT2D eigenvalue weighted by Gasteiger charge is -2.19. The first-order valence-corrected chi connectivity index (χ1v) is 6.87. The highest BCUT2D eigenvalue weighted by Crippen LogP contribution is 2.15. The van der Waals surface area contributed by atoms with Crippen LogP contribution in [0.15, 0.2) is 18.5 Å². The van der Waals surface area contributed by atoms with Gasteiger partial charge < -0.3 is 14.8 Å². The van der Waals surface area contributed by atoms with Gasteiger partial charge in [0.1, 0.15) is 11.6 Å². The second-order valence-electron chi connectivity index (χ2n) is 4.93. The topological polar surface area (TPSA) is 58.9 Å². The molecule has 6 nitrogen and oxygen atoms in total. The molecule has 0 aliphatic heterocycles. The molecule has 0 radical (unpaired) electrons. The van der Waals surface area contributed by atoms with E-state index in [0.717, 1.165) is 30.3 Å². The van der Waals surface area contributed by atoms with E-state index < -0.39 is 0 Å². The molecule has 0 amide bonds. The molecule has 0 saturated carbocycles. The summed E-state index contributed by atoms with van der Waals surface area (Å²) in [4.78, 5) is 15.4. The minimum absolute atomic E-state index is 0.688. The number of aromatic nitrogens is 4. The number of aryl methyl sites for hydroxylation is 2. The molecule has 2 heterocycles. The van der Waals surface area contributed by atoms with Gasteiger partial charge in [-0.25, -0.2) is 9.97 Å². The van der Waals surface area contributed by atoms with Gasteiger partial charge in [0.2, 0.25) is 5.95 Å². The summed E-state index contributed by atoms with van der Waals surface area (Å²) < 4.78 is 2.01. The molecule has 0 spiro atoms. The molecule has 0 saturated heterocycles. The zero-order valence-corrected chi connectivity index (χ0v) is 12.6. The van der Waals surface area contributed by atoms with Crippen molar-refractivity contribution in [1.82, 2.24) is 19.5 Å². The van der Waals surface area contributed by atoms with E-state index in [-0.39, 0.29) is 0 Å². The van der Waals surface area contributed by atoms with Gasteiger partial charge in [-0.05, 0) is 13.3 Å². The van der Waals surface area contributed by atoms with Gasteiger partial charge in [0.25, 0.3) is 0 Å². The van der Waals surface area contributed by atoms with Gasteiger partial charge in [0.15, 0.2) is 0 Å².